The smallest absolute Gasteiger partial charge is 0.167 e. The number of fused-ring (bicyclic) bond motifs is 1. The standard InChI is InChI=1S/C18H12BrFO/c19-17-9-8-16(14-6-1-2-7-15(14)17)18(21)11-12-4-3-5-13(20)10-12/h1-10H,11H2. The fourth-order valence-corrected chi connectivity index (χ4v) is 2.91. The van der Waals surface area contributed by atoms with Crippen molar-refractivity contribution < 1.29 is 9.18 Å². The summed E-state index contributed by atoms with van der Waals surface area (Å²) in [5.41, 5.74) is 1.35. The SMILES string of the molecule is O=C(Cc1cccc(F)c1)c1ccc(Br)c2ccccc12. The third-order valence-corrected chi connectivity index (χ3v) is 4.12. The lowest BCUT2D eigenvalue weighted by Crippen LogP contribution is -2.04. The molecule has 0 N–H and O–H groups in total. The van der Waals surface area contributed by atoms with E-state index in [1.165, 1.54) is 12.1 Å². The van der Waals surface area contributed by atoms with Gasteiger partial charge in [0.1, 0.15) is 5.82 Å². The molecule has 0 aromatic heterocycles. The topological polar surface area (TPSA) is 17.1 Å². The Morgan fingerprint density at radius 2 is 1.71 bits per heavy atom. The Hall–Kier alpha value is -2.00. The van der Waals surface area contributed by atoms with Crippen LogP contribution in [0.4, 0.5) is 4.39 Å². The molecule has 0 bridgehead atoms. The highest BCUT2D eigenvalue weighted by Gasteiger charge is 2.12. The van der Waals surface area contributed by atoms with Crippen LogP contribution < -0.4 is 0 Å². The molecule has 21 heavy (non-hydrogen) atoms. The summed E-state index contributed by atoms with van der Waals surface area (Å²) < 4.78 is 14.2. The van der Waals surface area contributed by atoms with Crippen molar-refractivity contribution in [1.82, 2.24) is 0 Å². The molecule has 0 amide bonds. The lowest BCUT2D eigenvalue weighted by Gasteiger charge is -2.08. The lowest BCUT2D eigenvalue weighted by molar-refractivity contribution is 0.0994. The first-order valence-electron chi connectivity index (χ1n) is 6.60. The zero-order valence-electron chi connectivity index (χ0n) is 11.1. The molecule has 0 atom stereocenters. The minimum absolute atomic E-state index is 0.00991. The predicted molar refractivity (Wildman–Crippen MR) is 86.1 cm³/mol. The molecule has 1 nitrogen and oxygen atoms in total. The van der Waals surface area contributed by atoms with E-state index in [1.807, 2.05) is 36.4 Å². The van der Waals surface area contributed by atoms with Crippen LogP contribution in [0.5, 0.6) is 0 Å². The van der Waals surface area contributed by atoms with E-state index in [2.05, 4.69) is 15.9 Å². The highest BCUT2D eigenvalue weighted by Crippen LogP contribution is 2.27. The van der Waals surface area contributed by atoms with E-state index in [-0.39, 0.29) is 18.0 Å². The largest absolute Gasteiger partial charge is 0.294 e. The molecule has 3 rings (SSSR count). The van der Waals surface area contributed by atoms with E-state index < -0.39 is 0 Å². The van der Waals surface area contributed by atoms with Gasteiger partial charge >= 0.3 is 0 Å². The van der Waals surface area contributed by atoms with Gasteiger partial charge in [0.2, 0.25) is 0 Å². The van der Waals surface area contributed by atoms with E-state index in [9.17, 15) is 9.18 Å². The Kier molecular flexibility index (Phi) is 3.84. The van der Waals surface area contributed by atoms with Crippen LogP contribution >= 0.6 is 15.9 Å². The van der Waals surface area contributed by atoms with Crippen LogP contribution in [-0.2, 0) is 6.42 Å². The van der Waals surface area contributed by atoms with Crippen molar-refractivity contribution in [3.8, 4) is 0 Å². The van der Waals surface area contributed by atoms with Gasteiger partial charge in [0.25, 0.3) is 0 Å². The molecule has 0 radical (unpaired) electrons. The van der Waals surface area contributed by atoms with Gasteiger partial charge in [-0.15, -0.1) is 0 Å². The Bertz CT molecular complexity index is 826. The Labute approximate surface area is 130 Å². The maximum Gasteiger partial charge on any atom is 0.167 e. The van der Waals surface area contributed by atoms with E-state index in [1.54, 1.807) is 12.1 Å². The Morgan fingerprint density at radius 1 is 0.952 bits per heavy atom. The highest BCUT2D eigenvalue weighted by atomic mass is 79.9. The third kappa shape index (κ3) is 2.88. The number of ketones is 1. The first-order chi connectivity index (χ1) is 10.1. The first-order valence-corrected chi connectivity index (χ1v) is 7.39. The van der Waals surface area contributed by atoms with Gasteiger partial charge in [-0.2, -0.15) is 0 Å². The number of carbonyl (C=O) groups is 1. The van der Waals surface area contributed by atoms with Gasteiger partial charge in [0.15, 0.2) is 5.78 Å². The molecule has 3 aromatic carbocycles. The molecule has 0 aliphatic rings. The van der Waals surface area contributed by atoms with E-state index >= 15 is 0 Å². The van der Waals surface area contributed by atoms with Gasteiger partial charge in [-0.25, -0.2) is 4.39 Å². The van der Waals surface area contributed by atoms with Crippen LogP contribution in [0.25, 0.3) is 10.8 Å². The van der Waals surface area contributed by atoms with Crippen molar-refractivity contribution in [2.45, 2.75) is 6.42 Å². The molecule has 3 heteroatoms. The van der Waals surface area contributed by atoms with Crippen molar-refractivity contribution in [3.05, 3.63) is 82.1 Å². The van der Waals surface area contributed by atoms with Crippen LogP contribution in [0.1, 0.15) is 15.9 Å². The monoisotopic (exact) mass is 342 g/mol. The molecule has 0 heterocycles. The molecule has 3 aromatic rings. The number of benzene rings is 3. The highest BCUT2D eigenvalue weighted by molar-refractivity contribution is 9.10. The predicted octanol–water partition coefficient (Wildman–Crippen LogP) is 5.17. The van der Waals surface area contributed by atoms with Gasteiger partial charge in [-0.1, -0.05) is 52.3 Å². The molecule has 0 aliphatic heterocycles. The van der Waals surface area contributed by atoms with Crippen molar-refractivity contribution in [3.63, 3.8) is 0 Å². The summed E-state index contributed by atoms with van der Waals surface area (Å²) >= 11 is 3.50. The normalized spacial score (nSPS) is 10.8. The van der Waals surface area contributed by atoms with Gasteiger partial charge in [0.05, 0.1) is 0 Å². The zero-order valence-corrected chi connectivity index (χ0v) is 12.7. The summed E-state index contributed by atoms with van der Waals surface area (Å²) in [5.74, 6) is -0.328. The van der Waals surface area contributed by atoms with Crippen LogP contribution in [-0.4, -0.2) is 5.78 Å². The number of carbonyl (C=O) groups excluding carboxylic acids is 1. The molecular formula is C18H12BrFO. The molecule has 0 fully saturated rings. The van der Waals surface area contributed by atoms with Crippen molar-refractivity contribution in [2.24, 2.45) is 0 Å². The van der Waals surface area contributed by atoms with E-state index in [0.29, 0.717) is 11.1 Å². The van der Waals surface area contributed by atoms with Crippen LogP contribution in [0.15, 0.2) is 65.1 Å². The minimum atomic E-state index is -0.319. The average molecular weight is 343 g/mol. The first kappa shape index (κ1) is 14.0. The number of halogens is 2. The number of Topliss-reactive ketones (excluding diaryl/α,β-unsaturated/α-hetero) is 1. The summed E-state index contributed by atoms with van der Waals surface area (Å²) in [5, 5.41) is 1.91. The van der Waals surface area contributed by atoms with Gasteiger partial charge in [-0.3, -0.25) is 4.79 Å². The minimum Gasteiger partial charge on any atom is -0.294 e. The second-order valence-electron chi connectivity index (χ2n) is 4.87. The number of hydrogen-bond donors (Lipinski definition) is 0. The van der Waals surface area contributed by atoms with Crippen LogP contribution in [0, 0.1) is 5.82 Å². The molecular weight excluding hydrogens is 331 g/mol. The third-order valence-electron chi connectivity index (χ3n) is 3.42. The molecule has 0 unspecified atom stereocenters. The summed E-state index contributed by atoms with van der Waals surface area (Å²) in [6, 6.07) is 17.6. The summed E-state index contributed by atoms with van der Waals surface area (Å²) in [6.45, 7) is 0. The molecule has 0 aliphatic carbocycles. The molecule has 0 saturated carbocycles. The second kappa shape index (κ2) is 5.78. The van der Waals surface area contributed by atoms with Gasteiger partial charge < -0.3 is 0 Å². The van der Waals surface area contributed by atoms with Crippen LogP contribution in [0.3, 0.4) is 0 Å². The quantitative estimate of drug-likeness (QED) is 0.600. The second-order valence-corrected chi connectivity index (χ2v) is 5.72. The van der Waals surface area contributed by atoms with Crippen molar-refractivity contribution >= 4 is 32.5 Å². The van der Waals surface area contributed by atoms with E-state index in [4.69, 9.17) is 0 Å². The van der Waals surface area contributed by atoms with Gasteiger partial charge in [0, 0.05) is 16.5 Å². The fourth-order valence-electron chi connectivity index (χ4n) is 2.43. The maximum atomic E-state index is 13.2. The van der Waals surface area contributed by atoms with Crippen LogP contribution in [0.2, 0.25) is 0 Å². The fraction of sp³-hybridized carbons (Fsp3) is 0.0556. The summed E-state index contributed by atoms with van der Waals surface area (Å²) in [6.07, 6.45) is 0.198. The van der Waals surface area contributed by atoms with E-state index in [0.717, 1.165) is 15.2 Å². The summed E-state index contributed by atoms with van der Waals surface area (Å²) in [7, 11) is 0. The number of rotatable bonds is 3. The summed E-state index contributed by atoms with van der Waals surface area (Å²) in [4.78, 5) is 12.5. The van der Waals surface area contributed by atoms with Gasteiger partial charge in [-0.05, 0) is 40.6 Å². The average Bonchev–Trinajstić information content (AvgIpc) is 2.48. The molecule has 0 spiro atoms. The lowest BCUT2D eigenvalue weighted by atomic mass is 9.97. The Morgan fingerprint density at radius 3 is 2.48 bits per heavy atom. The molecule has 104 valence electrons. The maximum absolute atomic E-state index is 13.2. The zero-order chi connectivity index (χ0) is 14.8. The number of hydrogen-bond acceptors (Lipinski definition) is 1. The Balaban J connectivity index is 2.01. The van der Waals surface area contributed by atoms with Crippen molar-refractivity contribution in [1.29, 1.82) is 0 Å². The molecule has 0 saturated heterocycles. The van der Waals surface area contributed by atoms with Crippen molar-refractivity contribution in [2.75, 3.05) is 0 Å².